The molecular weight excluding hydrogens is 328 g/mol. The standard InChI is InChI=1S/C19H26N6O/c1-20-19-23-10-5-17(24-19)25-11-6-15(7-12-25)13-18(26)22-9-4-16-3-2-8-21-14-16/h2-3,5,8,10,14-15H,4,6-7,9,11-13H2,1H3,(H,22,26)(H,20,23,24). The van der Waals surface area contributed by atoms with Gasteiger partial charge in [0.25, 0.3) is 0 Å². The topological polar surface area (TPSA) is 83.0 Å². The van der Waals surface area contributed by atoms with Gasteiger partial charge >= 0.3 is 0 Å². The molecular formula is C19H26N6O. The van der Waals surface area contributed by atoms with Crippen molar-refractivity contribution in [1.29, 1.82) is 0 Å². The van der Waals surface area contributed by atoms with E-state index in [1.807, 2.05) is 31.4 Å². The van der Waals surface area contributed by atoms with E-state index in [4.69, 9.17) is 0 Å². The fraction of sp³-hybridized carbons (Fsp3) is 0.474. The zero-order valence-electron chi connectivity index (χ0n) is 15.2. The van der Waals surface area contributed by atoms with Gasteiger partial charge in [-0.05, 0) is 42.9 Å². The average molecular weight is 354 g/mol. The summed E-state index contributed by atoms with van der Waals surface area (Å²) in [6.45, 7) is 2.51. The van der Waals surface area contributed by atoms with Gasteiger partial charge in [0.1, 0.15) is 5.82 Å². The van der Waals surface area contributed by atoms with E-state index in [-0.39, 0.29) is 5.91 Å². The summed E-state index contributed by atoms with van der Waals surface area (Å²) in [4.78, 5) is 27.2. The van der Waals surface area contributed by atoms with E-state index in [2.05, 4.69) is 30.5 Å². The van der Waals surface area contributed by atoms with Crippen molar-refractivity contribution in [3.05, 3.63) is 42.4 Å². The van der Waals surface area contributed by atoms with Crippen LogP contribution in [0, 0.1) is 5.92 Å². The zero-order valence-corrected chi connectivity index (χ0v) is 15.2. The van der Waals surface area contributed by atoms with Crippen LogP contribution in [0.2, 0.25) is 0 Å². The lowest BCUT2D eigenvalue weighted by Crippen LogP contribution is -2.36. The second-order valence-corrected chi connectivity index (χ2v) is 6.58. The van der Waals surface area contributed by atoms with Gasteiger partial charge in [-0.3, -0.25) is 9.78 Å². The molecule has 1 fully saturated rings. The van der Waals surface area contributed by atoms with E-state index >= 15 is 0 Å². The molecule has 1 aliphatic heterocycles. The number of carbonyl (C=O) groups is 1. The molecule has 0 aliphatic carbocycles. The van der Waals surface area contributed by atoms with E-state index < -0.39 is 0 Å². The second-order valence-electron chi connectivity index (χ2n) is 6.58. The summed E-state index contributed by atoms with van der Waals surface area (Å²) in [7, 11) is 1.82. The number of aromatic nitrogens is 3. The van der Waals surface area contributed by atoms with Crippen molar-refractivity contribution in [3.8, 4) is 0 Å². The first-order chi connectivity index (χ1) is 12.7. The summed E-state index contributed by atoms with van der Waals surface area (Å²) < 4.78 is 0. The van der Waals surface area contributed by atoms with Gasteiger partial charge in [0, 0.05) is 51.7 Å². The largest absolute Gasteiger partial charge is 0.357 e. The quantitative estimate of drug-likeness (QED) is 0.790. The monoisotopic (exact) mass is 354 g/mol. The lowest BCUT2D eigenvalue weighted by Gasteiger charge is -2.32. The van der Waals surface area contributed by atoms with Crippen molar-refractivity contribution in [1.82, 2.24) is 20.3 Å². The van der Waals surface area contributed by atoms with Crippen molar-refractivity contribution >= 4 is 17.7 Å². The number of amides is 1. The number of piperidine rings is 1. The molecule has 0 radical (unpaired) electrons. The van der Waals surface area contributed by atoms with Crippen molar-refractivity contribution in [2.45, 2.75) is 25.7 Å². The molecule has 26 heavy (non-hydrogen) atoms. The Morgan fingerprint density at radius 3 is 2.85 bits per heavy atom. The first-order valence-corrected chi connectivity index (χ1v) is 9.16. The number of nitrogens with zero attached hydrogens (tertiary/aromatic N) is 4. The molecule has 0 bridgehead atoms. The average Bonchev–Trinajstić information content (AvgIpc) is 2.69. The highest BCUT2D eigenvalue weighted by Gasteiger charge is 2.22. The highest BCUT2D eigenvalue weighted by atomic mass is 16.1. The third-order valence-electron chi connectivity index (χ3n) is 4.74. The molecule has 7 nitrogen and oxygen atoms in total. The highest BCUT2D eigenvalue weighted by Crippen LogP contribution is 2.24. The smallest absolute Gasteiger partial charge is 0.224 e. The minimum absolute atomic E-state index is 0.145. The third kappa shape index (κ3) is 5.15. The second kappa shape index (κ2) is 9.12. The molecule has 2 aromatic heterocycles. The molecule has 0 spiro atoms. The van der Waals surface area contributed by atoms with Gasteiger partial charge in [-0.25, -0.2) is 4.98 Å². The maximum atomic E-state index is 12.2. The van der Waals surface area contributed by atoms with Gasteiger partial charge in [0.15, 0.2) is 0 Å². The summed E-state index contributed by atoms with van der Waals surface area (Å²) in [6.07, 6.45) is 8.82. The van der Waals surface area contributed by atoms with E-state index in [0.717, 1.165) is 43.7 Å². The van der Waals surface area contributed by atoms with Crippen LogP contribution < -0.4 is 15.5 Å². The van der Waals surface area contributed by atoms with Gasteiger partial charge in [0.05, 0.1) is 0 Å². The molecule has 2 aromatic rings. The van der Waals surface area contributed by atoms with E-state index in [1.54, 1.807) is 12.4 Å². The van der Waals surface area contributed by atoms with Crippen LogP contribution in [0.3, 0.4) is 0 Å². The molecule has 3 heterocycles. The van der Waals surface area contributed by atoms with E-state index in [9.17, 15) is 4.79 Å². The number of anilines is 2. The van der Waals surface area contributed by atoms with Gasteiger partial charge in [-0.1, -0.05) is 6.07 Å². The molecule has 0 aromatic carbocycles. The van der Waals surface area contributed by atoms with Crippen LogP contribution in [-0.2, 0) is 11.2 Å². The van der Waals surface area contributed by atoms with Gasteiger partial charge in [0.2, 0.25) is 11.9 Å². The lowest BCUT2D eigenvalue weighted by molar-refractivity contribution is -0.122. The zero-order chi connectivity index (χ0) is 18.2. The molecule has 1 saturated heterocycles. The fourth-order valence-corrected chi connectivity index (χ4v) is 3.24. The number of carbonyl (C=O) groups excluding carboxylic acids is 1. The van der Waals surface area contributed by atoms with Crippen molar-refractivity contribution in [2.24, 2.45) is 5.92 Å². The molecule has 3 rings (SSSR count). The number of hydrogen-bond acceptors (Lipinski definition) is 6. The minimum atomic E-state index is 0.145. The van der Waals surface area contributed by atoms with Crippen molar-refractivity contribution in [2.75, 3.05) is 36.9 Å². The Labute approximate surface area is 154 Å². The molecule has 1 amide bonds. The third-order valence-corrected chi connectivity index (χ3v) is 4.74. The number of hydrogen-bond donors (Lipinski definition) is 2. The summed E-state index contributed by atoms with van der Waals surface area (Å²) in [5.41, 5.74) is 1.15. The SMILES string of the molecule is CNc1nccc(N2CCC(CC(=O)NCCc3cccnc3)CC2)n1. The van der Waals surface area contributed by atoms with Crippen molar-refractivity contribution in [3.63, 3.8) is 0 Å². The van der Waals surface area contributed by atoms with Crippen LogP contribution in [-0.4, -0.2) is 47.5 Å². The Bertz CT molecular complexity index is 700. The molecule has 138 valence electrons. The van der Waals surface area contributed by atoms with Gasteiger partial charge < -0.3 is 15.5 Å². The first kappa shape index (κ1) is 18.1. The predicted octanol–water partition coefficient (Wildman–Crippen LogP) is 1.88. The van der Waals surface area contributed by atoms with Gasteiger partial charge in [-0.2, -0.15) is 4.98 Å². The van der Waals surface area contributed by atoms with Crippen LogP contribution in [0.4, 0.5) is 11.8 Å². The molecule has 0 saturated carbocycles. The lowest BCUT2D eigenvalue weighted by atomic mass is 9.93. The number of rotatable bonds is 7. The van der Waals surface area contributed by atoms with Crippen LogP contribution in [0.15, 0.2) is 36.8 Å². The molecule has 0 atom stereocenters. The maximum absolute atomic E-state index is 12.2. The Kier molecular flexibility index (Phi) is 6.35. The molecule has 0 unspecified atom stereocenters. The summed E-state index contributed by atoms with van der Waals surface area (Å²) >= 11 is 0. The highest BCUT2D eigenvalue weighted by molar-refractivity contribution is 5.76. The summed E-state index contributed by atoms with van der Waals surface area (Å²) in [5.74, 6) is 2.17. The fourth-order valence-electron chi connectivity index (χ4n) is 3.24. The normalized spacial score (nSPS) is 14.9. The summed E-state index contributed by atoms with van der Waals surface area (Å²) in [5, 5.41) is 5.99. The van der Waals surface area contributed by atoms with Crippen LogP contribution >= 0.6 is 0 Å². The molecule has 1 aliphatic rings. The number of pyridine rings is 1. The molecule has 2 N–H and O–H groups in total. The van der Waals surface area contributed by atoms with Crippen LogP contribution in [0.1, 0.15) is 24.8 Å². The van der Waals surface area contributed by atoms with Crippen molar-refractivity contribution < 1.29 is 4.79 Å². The van der Waals surface area contributed by atoms with Gasteiger partial charge in [-0.15, -0.1) is 0 Å². The Hall–Kier alpha value is -2.70. The summed E-state index contributed by atoms with van der Waals surface area (Å²) in [6, 6.07) is 5.88. The maximum Gasteiger partial charge on any atom is 0.224 e. The first-order valence-electron chi connectivity index (χ1n) is 9.16. The van der Waals surface area contributed by atoms with E-state index in [1.165, 1.54) is 0 Å². The van der Waals surface area contributed by atoms with Crippen LogP contribution in [0.25, 0.3) is 0 Å². The minimum Gasteiger partial charge on any atom is -0.357 e. The molecule has 7 heteroatoms. The Morgan fingerprint density at radius 2 is 2.12 bits per heavy atom. The van der Waals surface area contributed by atoms with Crippen LogP contribution in [0.5, 0.6) is 0 Å². The Balaban J connectivity index is 1.38. The Morgan fingerprint density at radius 1 is 1.27 bits per heavy atom. The number of nitrogens with one attached hydrogen (secondary N) is 2. The predicted molar refractivity (Wildman–Crippen MR) is 102 cm³/mol. The van der Waals surface area contributed by atoms with E-state index in [0.29, 0.717) is 24.8 Å².